The van der Waals surface area contributed by atoms with Crippen molar-refractivity contribution < 1.29 is 0 Å². The SMILES string of the molecule is CC1CC(C(C)C)C(C2C(C(C)C)CC(C)CC2C(C)C)C(C(C)C)C1. The normalized spacial score (nSPS) is 42.2. The molecule has 0 N–H and O–H groups in total. The van der Waals surface area contributed by atoms with E-state index in [1.54, 1.807) is 0 Å². The van der Waals surface area contributed by atoms with Crippen LogP contribution in [0.25, 0.3) is 0 Å². The van der Waals surface area contributed by atoms with Crippen molar-refractivity contribution in [2.45, 2.75) is 94.9 Å². The van der Waals surface area contributed by atoms with Crippen LogP contribution in [0.3, 0.4) is 0 Å². The van der Waals surface area contributed by atoms with Gasteiger partial charge in [-0.3, -0.25) is 0 Å². The molecule has 0 saturated heterocycles. The zero-order chi connectivity index (χ0) is 19.8. The Morgan fingerprint density at radius 3 is 0.769 bits per heavy atom. The van der Waals surface area contributed by atoms with Crippen LogP contribution >= 0.6 is 0 Å². The lowest BCUT2D eigenvalue weighted by Gasteiger charge is -2.56. The highest BCUT2D eigenvalue weighted by atomic mass is 14.5. The Kier molecular flexibility index (Phi) is 7.72. The highest BCUT2D eigenvalue weighted by molar-refractivity contribution is 4.99. The molecule has 2 rings (SSSR count). The summed E-state index contributed by atoms with van der Waals surface area (Å²) in [6.45, 7) is 25.2. The van der Waals surface area contributed by atoms with Crippen molar-refractivity contribution in [3.63, 3.8) is 0 Å². The Labute approximate surface area is 166 Å². The summed E-state index contributed by atoms with van der Waals surface area (Å²) < 4.78 is 0. The summed E-state index contributed by atoms with van der Waals surface area (Å²) in [5, 5.41) is 0. The van der Waals surface area contributed by atoms with Gasteiger partial charge in [0.1, 0.15) is 0 Å². The summed E-state index contributed by atoms with van der Waals surface area (Å²) in [6.07, 6.45) is 5.92. The molecule has 0 spiro atoms. The molecule has 4 atom stereocenters. The average molecular weight is 363 g/mol. The fourth-order valence-corrected chi connectivity index (χ4v) is 7.32. The van der Waals surface area contributed by atoms with Crippen molar-refractivity contribution in [1.82, 2.24) is 0 Å². The lowest BCUT2D eigenvalue weighted by atomic mass is 9.49. The summed E-state index contributed by atoms with van der Waals surface area (Å²) in [5.74, 6) is 10.9. The van der Waals surface area contributed by atoms with E-state index in [4.69, 9.17) is 0 Å². The number of hydrogen-bond acceptors (Lipinski definition) is 0. The van der Waals surface area contributed by atoms with Crippen molar-refractivity contribution in [3.8, 4) is 0 Å². The van der Waals surface area contributed by atoms with Crippen LogP contribution in [0.1, 0.15) is 94.9 Å². The van der Waals surface area contributed by atoms with Gasteiger partial charge in [0, 0.05) is 0 Å². The van der Waals surface area contributed by atoms with Crippen molar-refractivity contribution in [3.05, 3.63) is 0 Å². The van der Waals surface area contributed by atoms with Crippen LogP contribution in [-0.2, 0) is 0 Å². The van der Waals surface area contributed by atoms with Gasteiger partial charge in [0.05, 0.1) is 0 Å². The second kappa shape index (κ2) is 9.00. The van der Waals surface area contributed by atoms with Crippen molar-refractivity contribution in [2.75, 3.05) is 0 Å². The smallest absolute Gasteiger partial charge is 0.0318 e. The fraction of sp³-hybridized carbons (Fsp3) is 1.00. The lowest BCUT2D eigenvalue weighted by molar-refractivity contribution is -0.0760. The molecule has 2 aliphatic rings. The van der Waals surface area contributed by atoms with Gasteiger partial charge in [-0.25, -0.2) is 0 Å². The highest BCUT2D eigenvalue weighted by Crippen LogP contribution is 2.57. The monoisotopic (exact) mass is 362 g/mol. The van der Waals surface area contributed by atoms with Crippen LogP contribution in [0.5, 0.6) is 0 Å². The molecule has 0 amide bonds. The predicted molar refractivity (Wildman–Crippen MR) is 117 cm³/mol. The van der Waals surface area contributed by atoms with Crippen LogP contribution in [0.4, 0.5) is 0 Å². The predicted octanol–water partition coefficient (Wildman–Crippen LogP) is 8.17. The molecule has 0 radical (unpaired) electrons. The molecule has 26 heavy (non-hydrogen) atoms. The fourth-order valence-electron chi connectivity index (χ4n) is 7.32. The molecule has 0 aromatic carbocycles. The van der Waals surface area contributed by atoms with E-state index in [2.05, 4.69) is 69.2 Å². The highest BCUT2D eigenvalue weighted by Gasteiger charge is 2.50. The summed E-state index contributed by atoms with van der Waals surface area (Å²) in [5.41, 5.74) is 0. The molecular formula is C26H50. The largest absolute Gasteiger partial charge is 0.0625 e. The van der Waals surface area contributed by atoms with Gasteiger partial charge in [0.15, 0.2) is 0 Å². The Morgan fingerprint density at radius 2 is 0.615 bits per heavy atom. The third-order valence-electron chi connectivity index (χ3n) is 8.55. The van der Waals surface area contributed by atoms with E-state index < -0.39 is 0 Å². The molecule has 0 heterocycles. The maximum absolute atomic E-state index is 2.53. The topological polar surface area (TPSA) is 0 Å². The summed E-state index contributed by atoms with van der Waals surface area (Å²) >= 11 is 0. The van der Waals surface area contributed by atoms with Crippen LogP contribution in [0, 0.1) is 71.0 Å². The maximum atomic E-state index is 2.53. The second-order valence-electron chi connectivity index (χ2n) is 11.9. The van der Waals surface area contributed by atoms with E-state index in [9.17, 15) is 0 Å². The molecular weight excluding hydrogens is 312 g/mol. The second-order valence-corrected chi connectivity index (χ2v) is 11.9. The van der Waals surface area contributed by atoms with Gasteiger partial charge in [0.25, 0.3) is 0 Å². The van der Waals surface area contributed by atoms with Crippen LogP contribution in [-0.4, -0.2) is 0 Å². The molecule has 2 fully saturated rings. The van der Waals surface area contributed by atoms with Gasteiger partial charge in [0.2, 0.25) is 0 Å². The number of rotatable bonds is 5. The van der Waals surface area contributed by atoms with Crippen molar-refractivity contribution in [1.29, 1.82) is 0 Å². The molecule has 4 unspecified atom stereocenters. The first kappa shape index (κ1) is 22.3. The Hall–Kier alpha value is 0. The Morgan fingerprint density at radius 1 is 0.423 bits per heavy atom. The van der Waals surface area contributed by atoms with Gasteiger partial charge in [-0.2, -0.15) is 0 Å². The average Bonchev–Trinajstić information content (AvgIpc) is 2.53. The van der Waals surface area contributed by atoms with E-state index in [1.807, 2.05) is 0 Å². The van der Waals surface area contributed by atoms with E-state index in [-0.39, 0.29) is 0 Å². The lowest BCUT2D eigenvalue weighted by Crippen LogP contribution is -2.50. The first-order valence-corrected chi connectivity index (χ1v) is 12.0. The quantitative estimate of drug-likeness (QED) is 0.462. The first-order chi connectivity index (χ1) is 12.0. The van der Waals surface area contributed by atoms with E-state index in [0.717, 1.165) is 71.0 Å². The maximum Gasteiger partial charge on any atom is -0.0318 e. The van der Waals surface area contributed by atoms with Crippen molar-refractivity contribution >= 4 is 0 Å². The van der Waals surface area contributed by atoms with E-state index in [0.29, 0.717) is 0 Å². The molecule has 2 saturated carbocycles. The third-order valence-corrected chi connectivity index (χ3v) is 8.55. The summed E-state index contributed by atoms with van der Waals surface area (Å²) in [4.78, 5) is 0. The molecule has 0 bridgehead atoms. The van der Waals surface area contributed by atoms with Gasteiger partial charge in [-0.1, -0.05) is 69.2 Å². The van der Waals surface area contributed by atoms with Gasteiger partial charge in [-0.05, 0) is 96.7 Å². The molecule has 0 aromatic heterocycles. The van der Waals surface area contributed by atoms with E-state index in [1.165, 1.54) is 25.7 Å². The third kappa shape index (κ3) is 4.70. The molecule has 0 aliphatic heterocycles. The van der Waals surface area contributed by atoms with Gasteiger partial charge in [-0.15, -0.1) is 0 Å². The van der Waals surface area contributed by atoms with Gasteiger partial charge < -0.3 is 0 Å². The molecule has 154 valence electrons. The molecule has 0 aromatic rings. The van der Waals surface area contributed by atoms with Crippen molar-refractivity contribution in [2.24, 2.45) is 71.0 Å². The molecule has 0 nitrogen and oxygen atoms in total. The Balaban J connectivity index is 2.49. The minimum absolute atomic E-state index is 0.837. The molecule has 2 aliphatic carbocycles. The minimum atomic E-state index is 0.837. The van der Waals surface area contributed by atoms with Crippen LogP contribution in [0.15, 0.2) is 0 Å². The van der Waals surface area contributed by atoms with Gasteiger partial charge >= 0.3 is 0 Å². The van der Waals surface area contributed by atoms with Crippen LogP contribution in [0.2, 0.25) is 0 Å². The standard InChI is InChI=1S/C26H50/c1-15(2)21-11-19(9)12-22(16(3)4)25(21)26-23(17(5)6)13-20(10)14-24(26)18(7)8/h15-26H,11-14H2,1-10H3. The summed E-state index contributed by atoms with van der Waals surface area (Å²) in [7, 11) is 0. The zero-order valence-electron chi connectivity index (χ0n) is 19.8. The number of hydrogen-bond donors (Lipinski definition) is 0. The summed E-state index contributed by atoms with van der Waals surface area (Å²) in [6, 6.07) is 0. The molecule has 0 heteroatoms. The Bertz CT molecular complexity index is 342. The minimum Gasteiger partial charge on any atom is -0.0625 e. The first-order valence-electron chi connectivity index (χ1n) is 12.0. The van der Waals surface area contributed by atoms with Crippen LogP contribution < -0.4 is 0 Å². The van der Waals surface area contributed by atoms with E-state index >= 15 is 0 Å². The zero-order valence-corrected chi connectivity index (χ0v) is 19.8.